The fourth-order valence-corrected chi connectivity index (χ4v) is 3.28. The zero-order valence-electron chi connectivity index (χ0n) is 16.9. The standard InChI is InChI=1S/C23H18F3NO4/c1-28-19-11-15(12-20(29-2)21(19)30-3)22-27-17-9-6-14(10-18(17)31-22)13-4-7-16(8-5-13)23(24,25)26/h4-12H,1-3H3. The molecule has 0 fully saturated rings. The van der Waals surface area contributed by atoms with Gasteiger partial charge in [0, 0.05) is 5.56 Å². The predicted molar refractivity (Wildman–Crippen MR) is 110 cm³/mol. The number of ether oxygens (including phenoxy) is 3. The Labute approximate surface area is 176 Å². The lowest BCUT2D eigenvalue weighted by Crippen LogP contribution is -2.03. The van der Waals surface area contributed by atoms with Crippen molar-refractivity contribution in [3.05, 3.63) is 60.2 Å². The molecule has 4 rings (SSSR count). The lowest BCUT2D eigenvalue weighted by molar-refractivity contribution is -0.137. The highest BCUT2D eigenvalue weighted by atomic mass is 19.4. The molecule has 0 aliphatic carbocycles. The Morgan fingerprint density at radius 2 is 1.35 bits per heavy atom. The number of aromatic nitrogens is 1. The monoisotopic (exact) mass is 429 g/mol. The van der Waals surface area contributed by atoms with Gasteiger partial charge in [-0.3, -0.25) is 0 Å². The number of hydrogen-bond acceptors (Lipinski definition) is 5. The molecule has 8 heteroatoms. The lowest BCUT2D eigenvalue weighted by atomic mass is 10.0. The Hall–Kier alpha value is -3.68. The minimum absolute atomic E-state index is 0.346. The number of nitrogens with zero attached hydrogens (tertiary/aromatic N) is 1. The summed E-state index contributed by atoms with van der Waals surface area (Å²) < 4.78 is 60.4. The summed E-state index contributed by atoms with van der Waals surface area (Å²) >= 11 is 0. The normalized spacial score (nSPS) is 11.5. The molecule has 0 unspecified atom stereocenters. The molecule has 0 saturated heterocycles. The minimum Gasteiger partial charge on any atom is -0.493 e. The first kappa shape index (κ1) is 20.6. The molecule has 4 aromatic rings. The van der Waals surface area contributed by atoms with Crippen LogP contribution < -0.4 is 14.2 Å². The van der Waals surface area contributed by atoms with Crippen LogP contribution in [0.2, 0.25) is 0 Å². The first-order chi connectivity index (χ1) is 14.8. The number of oxazole rings is 1. The van der Waals surface area contributed by atoms with E-state index in [0.717, 1.165) is 12.1 Å². The molecule has 0 bridgehead atoms. The number of methoxy groups -OCH3 is 3. The van der Waals surface area contributed by atoms with Crippen LogP contribution in [-0.4, -0.2) is 26.3 Å². The predicted octanol–water partition coefficient (Wildman–Crippen LogP) is 6.21. The number of fused-ring (bicyclic) bond motifs is 1. The van der Waals surface area contributed by atoms with Gasteiger partial charge >= 0.3 is 6.18 Å². The summed E-state index contributed by atoms with van der Waals surface area (Å²) in [6.07, 6.45) is -4.37. The number of alkyl halides is 3. The van der Waals surface area contributed by atoms with E-state index in [1.54, 1.807) is 30.3 Å². The number of benzene rings is 3. The molecule has 0 amide bonds. The van der Waals surface area contributed by atoms with Gasteiger partial charge in [0.05, 0.1) is 26.9 Å². The van der Waals surface area contributed by atoms with Crippen LogP contribution in [0, 0.1) is 0 Å². The molecule has 31 heavy (non-hydrogen) atoms. The van der Waals surface area contributed by atoms with Gasteiger partial charge in [-0.2, -0.15) is 13.2 Å². The van der Waals surface area contributed by atoms with Crippen molar-refractivity contribution in [3.63, 3.8) is 0 Å². The van der Waals surface area contributed by atoms with Gasteiger partial charge in [-0.1, -0.05) is 18.2 Å². The molecule has 1 heterocycles. The van der Waals surface area contributed by atoms with Crippen molar-refractivity contribution in [2.75, 3.05) is 21.3 Å². The second-order valence-corrected chi connectivity index (χ2v) is 6.69. The van der Waals surface area contributed by atoms with Crippen LogP contribution in [-0.2, 0) is 6.18 Å². The number of rotatable bonds is 5. The van der Waals surface area contributed by atoms with Crippen molar-refractivity contribution >= 4 is 11.1 Å². The SMILES string of the molecule is COc1cc(-c2nc3ccc(-c4ccc(C(F)(F)F)cc4)cc3o2)cc(OC)c1OC. The Morgan fingerprint density at radius 3 is 1.90 bits per heavy atom. The second-order valence-electron chi connectivity index (χ2n) is 6.69. The molecule has 1 aromatic heterocycles. The zero-order valence-corrected chi connectivity index (χ0v) is 16.9. The maximum atomic E-state index is 12.8. The van der Waals surface area contributed by atoms with E-state index in [1.807, 2.05) is 0 Å². The Morgan fingerprint density at radius 1 is 0.742 bits per heavy atom. The maximum absolute atomic E-state index is 12.8. The molecule has 0 aliphatic heterocycles. The summed E-state index contributed by atoms with van der Waals surface area (Å²) in [5.74, 6) is 1.72. The van der Waals surface area contributed by atoms with Crippen molar-refractivity contribution in [2.45, 2.75) is 6.18 Å². The highest BCUT2D eigenvalue weighted by Crippen LogP contribution is 2.41. The van der Waals surface area contributed by atoms with Gasteiger partial charge in [0.15, 0.2) is 17.1 Å². The van der Waals surface area contributed by atoms with Crippen molar-refractivity contribution in [3.8, 4) is 39.8 Å². The van der Waals surface area contributed by atoms with Gasteiger partial charge in [0.2, 0.25) is 11.6 Å². The molecule has 0 N–H and O–H groups in total. The summed E-state index contributed by atoms with van der Waals surface area (Å²) in [5.41, 5.74) is 2.40. The Balaban J connectivity index is 1.73. The first-order valence-corrected chi connectivity index (χ1v) is 9.22. The third kappa shape index (κ3) is 3.88. The number of hydrogen-bond donors (Lipinski definition) is 0. The van der Waals surface area contributed by atoms with Gasteiger partial charge < -0.3 is 18.6 Å². The van der Waals surface area contributed by atoms with Crippen LogP contribution in [0.25, 0.3) is 33.7 Å². The Bertz CT molecular complexity index is 1210. The molecule has 5 nitrogen and oxygen atoms in total. The largest absolute Gasteiger partial charge is 0.493 e. The summed E-state index contributed by atoms with van der Waals surface area (Å²) in [4.78, 5) is 4.50. The van der Waals surface area contributed by atoms with Gasteiger partial charge in [-0.25, -0.2) is 4.98 Å². The molecule has 3 aromatic carbocycles. The molecular formula is C23H18F3NO4. The topological polar surface area (TPSA) is 53.7 Å². The van der Waals surface area contributed by atoms with Crippen LogP contribution in [0.3, 0.4) is 0 Å². The highest BCUT2D eigenvalue weighted by Gasteiger charge is 2.30. The van der Waals surface area contributed by atoms with Crippen LogP contribution in [0.1, 0.15) is 5.56 Å². The molecule has 0 radical (unpaired) electrons. The van der Waals surface area contributed by atoms with Crippen LogP contribution in [0.5, 0.6) is 17.2 Å². The fraction of sp³-hybridized carbons (Fsp3) is 0.174. The van der Waals surface area contributed by atoms with E-state index in [-0.39, 0.29) is 0 Å². The average Bonchev–Trinajstić information content (AvgIpc) is 3.21. The van der Waals surface area contributed by atoms with E-state index in [0.29, 0.717) is 50.9 Å². The maximum Gasteiger partial charge on any atom is 0.416 e. The Kier molecular flexibility index (Phi) is 5.22. The minimum atomic E-state index is -4.37. The van der Waals surface area contributed by atoms with Crippen molar-refractivity contribution < 1.29 is 31.8 Å². The second kappa shape index (κ2) is 7.86. The molecular weight excluding hydrogens is 411 g/mol. The van der Waals surface area contributed by atoms with Crippen molar-refractivity contribution in [2.24, 2.45) is 0 Å². The van der Waals surface area contributed by atoms with E-state index in [4.69, 9.17) is 18.6 Å². The molecule has 0 spiro atoms. The number of halogens is 3. The van der Waals surface area contributed by atoms with E-state index in [1.165, 1.54) is 33.5 Å². The third-order valence-electron chi connectivity index (χ3n) is 4.85. The zero-order chi connectivity index (χ0) is 22.2. The molecule has 160 valence electrons. The highest BCUT2D eigenvalue weighted by molar-refractivity contribution is 5.82. The van der Waals surface area contributed by atoms with Crippen LogP contribution >= 0.6 is 0 Å². The first-order valence-electron chi connectivity index (χ1n) is 9.22. The smallest absolute Gasteiger partial charge is 0.416 e. The average molecular weight is 429 g/mol. The fourth-order valence-electron chi connectivity index (χ4n) is 3.28. The summed E-state index contributed by atoms with van der Waals surface area (Å²) in [5, 5.41) is 0. The summed E-state index contributed by atoms with van der Waals surface area (Å²) in [6, 6.07) is 13.7. The van der Waals surface area contributed by atoms with E-state index in [2.05, 4.69) is 4.98 Å². The van der Waals surface area contributed by atoms with Crippen LogP contribution in [0.15, 0.2) is 59.0 Å². The van der Waals surface area contributed by atoms with Crippen LogP contribution in [0.4, 0.5) is 13.2 Å². The lowest BCUT2D eigenvalue weighted by Gasteiger charge is -2.12. The van der Waals surface area contributed by atoms with Gasteiger partial charge in [-0.05, 0) is 47.5 Å². The molecule has 0 atom stereocenters. The van der Waals surface area contributed by atoms with Gasteiger partial charge in [0.25, 0.3) is 0 Å². The molecule has 0 aliphatic rings. The van der Waals surface area contributed by atoms with Gasteiger partial charge in [-0.15, -0.1) is 0 Å². The summed E-state index contributed by atoms with van der Waals surface area (Å²) in [7, 11) is 4.55. The third-order valence-corrected chi connectivity index (χ3v) is 4.85. The quantitative estimate of drug-likeness (QED) is 0.378. The van der Waals surface area contributed by atoms with E-state index >= 15 is 0 Å². The van der Waals surface area contributed by atoms with E-state index < -0.39 is 11.7 Å². The summed E-state index contributed by atoms with van der Waals surface area (Å²) in [6.45, 7) is 0. The van der Waals surface area contributed by atoms with Crippen molar-refractivity contribution in [1.29, 1.82) is 0 Å². The van der Waals surface area contributed by atoms with Crippen molar-refractivity contribution in [1.82, 2.24) is 4.98 Å². The van der Waals surface area contributed by atoms with E-state index in [9.17, 15) is 13.2 Å². The van der Waals surface area contributed by atoms with Gasteiger partial charge in [0.1, 0.15) is 5.52 Å². The molecule has 0 saturated carbocycles.